The van der Waals surface area contributed by atoms with Crippen LogP contribution in [0.3, 0.4) is 0 Å². The van der Waals surface area contributed by atoms with Crippen molar-refractivity contribution in [2.75, 3.05) is 20.7 Å². The number of halogens is 4. The molecule has 10 rings (SSSR count). The van der Waals surface area contributed by atoms with Gasteiger partial charge >= 0.3 is 18.2 Å². The van der Waals surface area contributed by atoms with Gasteiger partial charge in [-0.15, -0.1) is 0 Å². The number of hydrogen-bond acceptors (Lipinski definition) is 10. The number of ether oxygens (including phenoxy) is 2. The summed E-state index contributed by atoms with van der Waals surface area (Å²) in [6.07, 6.45) is 2.07. The standard InChI is InChI=1S/C55H38ClF3N10O4/c1-33-15-17-35(29-60-33)51-31-62-47-21-19-45(27-49(47)66-51)72-43-13-5-10-40(25-43)65-54(71)68(41-11-4-8-38(56)24-41)69(53(70)64-39-9-3-7-37(23-39)55(57,58)59)42-12-6-14-44(26-42)73-46-20-22-48-50(28-46)67-52(32-63-48)36-18-16-34(2)61-30-36/h3-32H,1-2H3,(H,64,70)(H,65,71). The van der Waals surface area contributed by atoms with E-state index in [1.54, 1.807) is 110 Å². The third-order valence-electron chi connectivity index (χ3n) is 11.1. The Balaban J connectivity index is 0.977. The molecule has 0 saturated carbocycles. The van der Waals surface area contributed by atoms with Crippen molar-refractivity contribution in [1.82, 2.24) is 29.9 Å². The van der Waals surface area contributed by atoms with Gasteiger partial charge in [-0.05, 0) is 123 Å². The summed E-state index contributed by atoms with van der Waals surface area (Å²) in [4.78, 5) is 57.1. The second kappa shape index (κ2) is 20.1. The Bertz CT molecular complexity index is 3700. The molecule has 0 saturated heterocycles. The number of aromatic nitrogens is 6. The summed E-state index contributed by atoms with van der Waals surface area (Å²) in [5.41, 5.74) is 6.13. The Labute approximate surface area is 419 Å². The number of aryl methyl sites for hydroxylation is 2. The average Bonchev–Trinajstić information content (AvgIpc) is 3.38. The SMILES string of the molecule is Cc1ccc(-c2cnc3ccc(Oc4cccc(NC(=O)N(c5cccc(Cl)c5)N(C(=O)Nc5cccc(C(F)(F)F)c5)c5cccc(Oc6ccc7ncc(-c8ccc(C)nc8)nc7c6)c5)c4)cc3n2)cn1. The maximum atomic E-state index is 14.9. The number of benzene rings is 6. The lowest BCUT2D eigenvalue weighted by Crippen LogP contribution is -2.54. The summed E-state index contributed by atoms with van der Waals surface area (Å²) in [5.74, 6) is 1.36. The van der Waals surface area contributed by atoms with Crippen molar-refractivity contribution in [1.29, 1.82) is 0 Å². The Kier molecular flexibility index (Phi) is 13.0. The summed E-state index contributed by atoms with van der Waals surface area (Å²) in [6, 6.07) is 39.2. The molecule has 2 N–H and O–H groups in total. The molecule has 10 aromatic rings. The molecule has 0 fully saturated rings. The predicted molar refractivity (Wildman–Crippen MR) is 274 cm³/mol. The fraction of sp³-hybridized carbons (Fsp3) is 0.0545. The first-order valence-corrected chi connectivity index (χ1v) is 22.8. The van der Waals surface area contributed by atoms with E-state index in [0.717, 1.165) is 50.7 Å². The van der Waals surface area contributed by atoms with E-state index in [2.05, 4.69) is 30.6 Å². The van der Waals surface area contributed by atoms with Gasteiger partial charge in [-0.25, -0.2) is 19.6 Å². The third kappa shape index (κ3) is 11.0. The first-order chi connectivity index (χ1) is 35.3. The molecule has 4 heterocycles. The Morgan fingerprint density at radius 3 is 1.49 bits per heavy atom. The highest BCUT2D eigenvalue weighted by Crippen LogP contribution is 2.35. The number of hydrazine groups is 1. The number of rotatable bonds is 10. The number of hydrogen-bond donors (Lipinski definition) is 2. The van der Waals surface area contributed by atoms with Crippen molar-refractivity contribution in [3.05, 3.63) is 204 Å². The molecule has 14 nitrogen and oxygen atoms in total. The predicted octanol–water partition coefficient (Wildman–Crippen LogP) is 14.3. The molecule has 0 aliphatic carbocycles. The number of pyridine rings is 2. The molecule has 360 valence electrons. The zero-order valence-electron chi connectivity index (χ0n) is 38.5. The van der Waals surface area contributed by atoms with Crippen LogP contribution in [-0.4, -0.2) is 42.0 Å². The maximum Gasteiger partial charge on any atom is 0.416 e. The number of anilines is 4. The summed E-state index contributed by atoms with van der Waals surface area (Å²) in [7, 11) is 0. The fourth-order valence-corrected chi connectivity index (χ4v) is 7.78. The average molecular weight is 995 g/mol. The number of nitrogens with one attached hydrogen (secondary N) is 2. The number of fused-ring (bicyclic) bond motifs is 2. The maximum absolute atomic E-state index is 14.9. The first kappa shape index (κ1) is 47.2. The van der Waals surface area contributed by atoms with E-state index in [1.807, 2.05) is 38.1 Å². The number of nitrogens with zero attached hydrogens (tertiary/aromatic N) is 8. The lowest BCUT2D eigenvalue weighted by atomic mass is 10.2. The van der Waals surface area contributed by atoms with E-state index in [4.69, 9.17) is 31.0 Å². The van der Waals surface area contributed by atoms with E-state index in [-0.39, 0.29) is 33.5 Å². The highest BCUT2D eigenvalue weighted by atomic mass is 35.5. The van der Waals surface area contributed by atoms with Crippen LogP contribution >= 0.6 is 11.6 Å². The van der Waals surface area contributed by atoms with Crippen LogP contribution < -0.4 is 30.1 Å². The van der Waals surface area contributed by atoms with Crippen molar-refractivity contribution in [2.24, 2.45) is 0 Å². The van der Waals surface area contributed by atoms with Crippen molar-refractivity contribution < 1.29 is 32.2 Å². The molecule has 4 aromatic heterocycles. The molecule has 0 aliphatic rings. The van der Waals surface area contributed by atoms with Gasteiger partial charge in [-0.2, -0.15) is 23.2 Å². The molecule has 0 aliphatic heterocycles. The number of urea groups is 2. The minimum absolute atomic E-state index is 0.0603. The monoisotopic (exact) mass is 994 g/mol. The Morgan fingerprint density at radius 1 is 0.493 bits per heavy atom. The van der Waals surface area contributed by atoms with Gasteiger partial charge < -0.3 is 20.1 Å². The van der Waals surface area contributed by atoms with Crippen molar-refractivity contribution in [3.63, 3.8) is 0 Å². The largest absolute Gasteiger partial charge is 0.457 e. The molecule has 0 bridgehead atoms. The smallest absolute Gasteiger partial charge is 0.416 e. The highest BCUT2D eigenvalue weighted by Gasteiger charge is 2.33. The van der Waals surface area contributed by atoms with Gasteiger partial charge in [0.1, 0.15) is 23.0 Å². The minimum Gasteiger partial charge on any atom is -0.457 e. The van der Waals surface area contributed by atoms with Crippen LogP contribution in [0.2, 0.25) is 5.02 Å². The summed E-state index contributed by atoms with van der Waals surface area (Å²) < 4.78 is 54.3. The topological polar surface area (TPSA) is 160 Å². The first-order valence-electron chi connectivity index (χ1n) is 22.4. The van der Waals surface area contributed by atoms with Crippen LogP contribution in [0, 0.1) is 13.8 Å². The summed E-state index contributed by atoms with van der Waals surface area (Å²) >= 11 is 6.52. The Hall–Kier alpha value is -9.48. The number of alkyl halides is 3. The molecule has 18 heteroatoms. The molecule has 73 heavy (non-hydrogen) atoms. The third-order valence-corrected chi connectivity index (χ3v) is 11.4. The number of carbonyl (C=O) groups is 2. The van der Waals surface area contributed by atoms with E-state index in [1.165, 1.54) is 30.3 Å². The van der Waals surface area contributed by atoms with Gasteiger partial charge in [-0.1, -0.05) is 35.9 Å². The highest BCUT2D eigenvalue weighted by molar-refractivity contribution is 6.31. The Morgan fingerprint density at radius 2 is 0.973 bits per heavy atom. The fourth-order valence-electron chi connectivity index (χ4n) is 7.60. The molecular formula is C55H38ClF3N10O4. The molecule has 0 unspecified atom stereocenters. The van der Waals surface area contributed by atoms with Gasteiger partial charge in [0.25, 0.3) is 0 Å². The van der Waals surface area contributed by atoms with Gasteiger partial charge in [0.2, 0.25) is 0 Å². The molecule has 0 atom stereocenters. The number of amides is 4. The van der Waals surface area contributed by atoms with Crippen LogP contribution in [0.15, 0.2) is 183 Å². The van der Waals surface area contributed by atoms with Crippen LogP contribution in [0.25, 0.3) is 44.6 Å². The number of carbonyl (C=O) groups excluding carboxylic acids is 2. The zero-order valence-corrected chi connectivity index (χ0v) is 39.3. The van der Waals surface area contributed by atoms with Gasteiger partial charge in [0, 0.05) is 75.6 Å². The molecule has 6 aromatic carbocycles. The van der Waals surface area contributed by atoms with Gasteiger partial charge in [0.05, 0.1) is 62.8 Å². The van der Waals surface area contributed by atoms with Gasteiger partial charge in [0.15, 0.2) is 0 Å². The van der Waals surface area contributed by atoms with Gasteiger partial charge in [-0.3, -0.25) is 19.9 Å². The van der Waals surface area contributed by atoms with E-state index >= 15 is 0 Å². The van der Waals surface area contributed by atoms with Crippen LogP contribution in [-0.2, 0) is 6.18 Å². The van der Waals surface area contributed by atoms with E-state index < -0.39 is 23.8 Å². The normalized spacial score (nSPS) is 11.3. The van der Waals surface area contributed by atoms with Crippen LogP contribution in [0.4, 0.5) is 45.5 Å². The van der Waals surface area contributed by atoms with Crippen molar-refractivity contribution in [2.45, 2.75) is 20.0 Å². The van der Waals surface area contributed by atoms with Crippen LogP contribution in [0.1, 0.15) is 17.0 Å². The van der Waals surface area contributed by atoms with E-state index in [0.29, 0.717) is 50.7 Å². The molecular weight excluding hydrogens is 957 g/mol. The zero-order chi connectivity index (χ0) is 50.6. The summed E-state index contributed by atoms with van der Waals surface area (Å²) in [5, 5.41) is 7.57. The lowest BCUT2D eigenvalue weighted by molar-refractivity contribution is -0.137. The molecule has 4 amide bonds. The second-order valence-electron chi connectivity index (χ2n) is 16.5. The quantitative estimate of drug-likeness (QED) is 0.126. The second-order valence-corrected chi connectivity index (χ2v) is 16.9. The van der Waals surface area contributed by atoms with Crippen LogP contribution in [0.5, 0.6) is 23.0 Å². The van der Waals surface area contributed by atoms with E-state index in [9.17, 15) is 22.8 Å². The molecule has 0 spiro atoms. The minimum atomic E-state index is -4.71. The van der Waals surface area contributed by atoms with Crippen molar-refractivity contribution >= 4 is 68.5 Å². The molecule has 0 radical (unpaired) electrons. The summed E-state index contributed by atoms with van der Waals surface area (Å²) in [6.45, 7) is 3.79. The van der Waals surface area contributed by atoms with Crippen molar-refractivity contribution in [3.8, 4) is 45.5 Å². The lowest BCUT2D eigenvalue weighted by Gasteiger charge is -2.35.